The molecule has 3 aromatic rings. The van der Waals surface area contributed by atoms with E-state index >= 15 is 0 Å². The van der Waals surface area contributed by atoms with Crippen LogP contribution in [0.3, 0.4) is 0 Å². The third-order valence-electron chi connectivity index (χ3n) is 5.46. The van der Waals surface area contributed by atoms with Crippen molar-refractivity contribution >= 4 is 29.7 Å². The van der Waals surface area contributed by atoms with Gasteiger partial charge in [-0.3, -0.25) is 9.69 Å². The van der Waals surface area contributed by atoms with Crippen molar-refractivity contribution in [2.75, 3.05) is 19.4 Å². The normalized spacial score (nSPS) is 11.4. The number of hydrogen-bond donors (Lipinski definition) is 2. The first-order valence-corrected chi connectivity index (χ1v) is 12.8. The van der Waals surface area contributed by atoms with Gasteiger partial charge in [0, 0.05) is 23.6 Å². The van der Waals surface area contributed by atoms with Crippen LogP contribution in [0.1, 0.15) is 29.3 Å². The number of benzene rings is 3. The van der Waals surface area contributed by atoms with Gasteiger partial charge in [-0.15, -0.1) is 0 Å². The smallest absolute Gasteiger partial charge is 0.327 e. The van der Waals surface area contributed by atoms with Crippen molar-refractivity contribution in [2.24, 2.45) is 0 Å². The second-order valence-corrected chi connectivity index (χ2v) is 9.14. The predicted octanol–water partition coefficient (Wildman–Crippen LogP) is 5.31. The molecule has 0 spiro atoms. The lowest BCUT2D eigenvalue weighted by Crippen LogP contribution is -2.51. The summed E-state index contributed by atoms with van der Waals surface area (Å²) in [7, 11) is 1.60. The van der Waals surface area contributed by atoms with Crippen molar-refractivity contribution in [3.05, 3.63) is 90.0 Å². The highest BCUT2D eigenvalue weighted by molar-refractivity contribution is 7.98. The maximum absolute atomic E-state index is 13.3. The van der Waals surface area contributed by atoms with E-state index in [0.29, 0.717) is 17.7 Å². The molecular weight excluding hydrogens is 476 g/mol. The Kier molecular flexibility index (Phi) is 9.94. The first-order valence-electron chi connectivity index (χ1n) is 11.6. The van der Waals surface area contributed by atoms with Crippen LogP contribution < -0.4 is 10.1 Å². The van der Waals surface area contributed by atoms with E-state index in [2.05, 4.69) is 5.32 Å². The molecule has 3 amide bonds. The van der Waals surface area contributed by atoms with E-state index in [4.69, 9.17) is 4.74 Å². The summed E-state index contributed by atoms with van der Waals surface area (Å²) in [6, 6.07) is 22.3. The van der Waals surface area contributed by atoms with E-state index in [1.807, 2.05) is 67.6 Å². The highest BCUT2D eigenvalue weighted by atomic mass is 32.2. The molecule has 0 bridgehead atoms. The summed E-state index contributed by atoms with van der Waals surface area (Å²) in [6.07, 6.45) is 0.540. The molecule has 0 aromatic heterocycles. The summed E-state index contributed by atoms with van der Waals surface area (Å²) < 4.78 is 5.20. The fourth-order valence-electron chi connectivity index (χ4n) is 3.56. The minimum Gasteiger partial charge on any atom is -0.497 e. The van der Waals surface area contributed by atoms with Crippen LogP contribution in [0.15, 0.2) is 78.9 Å². The maximum Gasteiger partial charge on any atom is 0.327 e. The predicted molar refractivity (Wildman–Crippen MR) is 142 cm³/mol. The van der Waals surface area contributed by atoms with Gasteiger partial charge < -0.3 is 15.2 Å². The van der Waals surface area contributed by atoms with E-state index in [0.717, 1.165) is 27.3 Å². The molecule has 7 nitrogen and oxygen atoms in total. The average molecular weight is 507 g/mol. The van der Waals surface area contributed by atoms with E-state index in [1.54, 1.807) is 25.3 Å². The second kappa shape index (κ2) is 13.3. The number of nitrogens with zero attached hydrogens (tertiary/aromatic N) is 1. The zero-order valence-electron chi connectivity index (χ0n) is 20.3. The van der Waals surface area contributed by atoms with E-state index in [-0.39, 0.29) is 12.3 Å². The van der Waals surface area contributed by atoms with Crippen LogP contribution >= 0.6 is 11.8 Å². The van der Waals surface area contributed by atoms with Crippen LogP contribution in [0.5, 0.6) is 5.75 Å². The molecule has 2 N–H and O–H groups in total. The lowest BCUT2D eigenvalue weighted by atomic mass is 10.0. The van der Waals surface area contributed by atoms with Crippen molar-refractivity contribution in [1.82, 2.24) is 10.2 Å². The second-order valence-electron chi connectivity index (χ2n) is 8.11. The van der Waals surface area contributed by atoms with Gasteiger partial charge in [-0.1, -0.05) is 61.5 Å². The Balaban J connectivity index is 1.70. The number of aliphatic carboxylic acids is 1. The molecule has 0 heterocycles. The van der Waals surface area contributed by atoms with Crippen molar-refractivity contribution in [1.29, 1.82) is 0 Å². The van der Waals surface area contributed by atoms with Crippen molar-refractivity contribution in [3.8, 4) is 16.9 Å². The molecule has 0 aliphatic rings. The van der Waals surface area contributed by atoms with E-state index in [9.17, 15) is 19.5 Å². The highest BCUT2D eigenvalue weighted by Gasteiger charge is 2.27. The van der Waals surface area contributed by atoms with Crippen molar-refractivity contribution in [3.63, 3.8) is 0 Å². The average Bonchev–Trinajstić information content (AvgIpc) is 2.91. The van der Waals surface area contributed by atoms with Crippen LogP contribution in [0, 0.1) is 0 Å². The van der Waals surface area contributed by atoms with Gasteiger partial charge in [-0.2, -0.15) is 11.8 Å². The lowest BCUT2D eigenvalue weighted by Gasteiger charge is -2.23. The van der Waals surface area contributed by atoms with Crippen LogP contribution in [0.4, 0.5) is 4.79 Å². The quantitative estimate of drug-likeness (QED) is 0.366. The molecule has 0 saturated heterocycles. The zero-order valence-corrected chi connectivity index (χ0v) is 21.2. The molecular formula is C28H30N2O5S. The number of ether oxygens (including phenoxy) is 1. The Morgan fingerprint density at radius 3 is 2.33 bits per heavy atom. The molecule has 0 aliphatic carbocycles. The largest absolute Gasteiger partial charge is 0.497 e. The molecule has 8 heteroatoms. The van der Waals surface area contributed by atoms with Gasteiger partial charge in [0.25, 0.3) is 5.91 Å². The van der Waals surface area contributed by atoms with Crippen LogP contribution in [0.25, 0.3) is 11.1 Å². The summed E-state index contributed by atoms with van der Waals surface area (Å²) in [5, 5.41) is 12.2. The molecule has 3 rings (SSSR count). The third kappa shape index (κ3) is 7.36. The number of methoxy groups -OCH3 is 1. The summed E-state index contributed by atoms with van der Waals surface area (Å²) >= 11 is 1.41. The van der Waals surface area contributed by atoms with Gasteiger partial charge in [0.1, 0.15) is 11.8 Å². The summed E-state index contributed by atoms with van der Waals surface area (Å²) in [4.78, 5) is 39.2. The number of carboxylic acid groups (broad SMARTS) is 1. The number of carboxylic acids is 1. The van der Waals surface area contributed by atoms with Gasteiger partial charge >= 0.3 is 12.0 Å². The molecule has 0 unspecified atom stereocenters. The number of urea groups is 1. The molecule has 0 fully saturated rings. The SMILES string of the molecule is CCCN(C(=O)N[C@@H](CSCc1ccccc1)C(=O)O)C(=O)c1cccc(-c2ccc(OC)cc2)c1. The number of amides is 3. The standard InChI is InChI=1S/C28H30N2O5S/c1-3-16-30(28(34)29-25(27(32)33)19-36-18-20-8-5-4-6-9-20)26(31)23-11-7-10-22(17-23)21-12-14-24(35-2)15-13-21/h4-15,17,25H,3,16,18-19H2,1-2H3,(H,29,34)(H,32,33)/t25-/m0/s1. The van der Waals surface area contributed by atoms with Crippen LogP contribution in [-0.4, -0.2) is 53.4 Å². The first-order chi connectivity index (χ1) is 17.4. The number of carbonyl (C=O) groups excluding carboxylic acids is 2. The summed E-state index contributed by atoms with van der Waals surface area (Å²) in [5.74, 6) is -0.0976. The fourth-order valence-corrected chi connectivity index (χ4v) is 4.57. The molecule has 1 atom stereocenters. The Hall–Kier alpha value is -3.78. The van der Waals surface area contributed by atoms with E-state index in [1.165, 1.54) is 11.8 Å². The maximum atomic E-state index is 13.3. The Morgan fingerprint density at radius 2 is 1.69 bits per heavy atom. The van der Waals surface area contributed by atoms with Gasteiger partial charge in [-0.25, -0.2) is 9.59 Å². The fraction of sp³-hybridized carbons (Fsp3) is 0.250. The molecule has 0 saturated carbocycles. The number of thioether (sulfide) groups is 1. The molecule has 0 radical (unpaired) electrons. The number of imide groups is 1. The monoisotopic (exact) mass is 506 g/mol. The van der Waals surface area contributed by atoms with Gasteiger partial charge in [0.05, 0.1) is 7.11 Å². The van der Waals surface area contributed by atoms with Crippen LogP contribution in [0.2, 0.25) is 0 Å². The molecule has 188 valence electrons. The minimum atomic E-state index is -1.14. The van der Waals surface area contributed by atoms with Gasteiger partial charge in [0.15, 0.2) is 0 Å². The topological polar surface area (TPSA) is 95.9 Å². The first kappa shape index (κ1) is 26.8. The van der Waals surface area contributed by atoms with E-state index < -0.39 is 23.9 Å². The third-order valence-corrected chi connectivity index (χ3v) is 6.57. The van der Waals surface area contributed by atoms with Crippen molar-refractivity contribution < 1.29 is 24.2 Å². The number of hydrogen-bond acceptors (Lipinski definition) is 5. The molecule has 36 heavy (non-hydrogen) atoms. The highest BCUT2D eigenvalue weighted by Crippen LogP contribution is 2.24. The van der Waals surface area contributed by atoms with Gasteiger partial charge in [-0.05, 0) is 47.4 Å². The van der Waals surface area contributed by atoms with Gasteiger partial charge in [0.2, 0.25) is 0 Å². The minimum absolute atomic E-state index is 0.168. The number of rotatable bonds is 11. The van der Waals surface area contributed by atoms with Crippen LogP contribution in [-0.2, 0) is 10.5 Å². The Bertz CT molecular complexity index is 1170. The lowest BCUT2D eigenvalue weighted by molar-refractivity contribution is -0.138. The zero-order chi connectivity index (χ0) is 25.9. The molecule has 0 aliphatic heterocycles. The molecule has 3 aromatic carbocycles. The number of carbonyl (C=O) groups is 3. The summed E-state index contributed by atoms with van der Waals surface area (Å²) in [6.45, 7) is 2.02. The Morgan fingerprint density at radius 1 is 0.972 bits per heavy atom. The van der Waals surface area contributed by atoms with Crippen molar-refractivity contribution in [2.45, 2.75) is 25.1 Å². The summed E-state index contributed by atoms with van der Waals surface area (Å²) in [5.41, 5.74) is 3.13. The number of nitrogens with one attached hydrogen (secondary N) is 1. The Labute approximate surface area is 215 Å².